The van der Waals surface area contributed by atoms with Crippen molar-refractivity contribution in [3.8, 4) is 0 Å². The Hall–Kier alpha value is 0.01000. The zero-order chi connectivity index (χ0) is 12.5. The first kappa shape index (κ1) is 13.4. The van der Waals surface area contributed by atoms with Crippen LogP contribution in [0.3, 0.4) is 0 Å². The van der Waals surface area contributed by atoms with Gasteiger partial charge >= 0.3 is 0 Å². The van der Waals surface area contributed by atoms with Crippen molar-refractivity contribution in [3.05, 3.63) is 33.8 Å². The summed E-state index contributed by atoms with van der Waals surface area (Å²) in [6, 6.07) is 7.13. The molecule has 1 unspecified atom stereocenters. The quantitative estimate of drug-likeness (QED) is 0.880. The van der Waals surface area contributed by atoms with Crippen LogP contribution in [0.4, 0.5) is 0 Å². The van der Waals surface area contributed by atoms with Gasteiger partial charge in [-0.3, -0.25) is 0 Å². The number of nitrogens with one attached hydrogen (secondary N) is 1. The van der Waals surface area contributed by atoms with Gasteiger partial charge in [-0.1, -0.05) is 28.9 Å². The van der Waals surface area contributed by atoms with Gasteiger partial charge in [0.2, 0.25) is 0 Å². The zero-order valence-electron chi connectivity index (χ0n) is 10.7. The molecule has 0 fully saturated rings. The molecule has 0 aromatic heterocycles. The van der Waals surface area contributed by atoms with Gasteiger partial charge in [-0.15, -0.1) is 11.8 Å². The fourth-order valence-electron chi connectivity index (χ4n) is 2.33. The van der Waals surface area contributed by atoms with E-state index in [2.05, 4.69) is 60.2 Å². The molecule has 1 aromatic carbocycles. The van der Waals surface area contributed by atoms with Crippen LogP contribution >= 0.6 is 27.7 Å². The molecule has 0 radical (unpaired) electrons. The molecule has 0 saturated carbocycles. The molecular weight excluding hydrogens is 294 g/mol. The van der Waals surface area contributed by atoms with Crippen LogP contribution in [-0.2, 0) is 5.75 Å². The molecule has 0 bridgehead atoms. The lowest BCUT2D eigenvalue weighted by Crippen LogP contribution is -2.40. The maximum Gasteiger partial charge on any atom is 0.0467 e. The van der Waals surface area contributed by atoms with Crippen molar-refractivity contribution in [2.75, 3.05) is 6.54 Å². The molecule has 2 rings (SSSR count). The molecule has 0 spiro atoms. The van der Waals surface area contributed by atoms with Gasteiger partial charge in [-0.2, -0.15) is 0 Å². The fourth-order valence-corrected chi connectivity index (χ4v) is 3.88. The number of fused-ring (bicyclic) bond motifs is 1. The number of thioether (sulfide) groups is 1. The van der Waals surface area contributed by atoms with E-state index in [9.17, 15) is 0 Å². The molecule has 0 aliphatic carbocycles. The fraction of sp³-hybridized carbons (Fsp3) is 0.571. The highest BCUT2D eigenvalue weighted by molar-refractivity contribution is 9.10. The Bertz CT molecular complexity index is 403. The molecule has 3 heteroatoms. The summed E-state index contributed by atoms with van der Waals surface area (Å²) in [6.45, 7) is 7.99. The van der Waals surface area contributed by atoms with E-state index >= 15 is 0 Å². The van der Waals surface area contributed by atoms with Crippen LogP contribution in [0.15, 0.2) is 22.7 Å². The van der Waals surface area contributed by atoms with Crippen LogP contribution in [0.25, 0.3) is 0 Å². The van der Waals surface area contributed by atoms with Crippen molar-refractivity contribution < 1.29 is 0 Å². The summed E-state index contributed by atoms with van der Waals surface area (Å²) in [4.78, 5) is 0. The van der Waals surface area contributed by atoms with Crippen molar-refractivity contribution in [3.63, 3.8) is 0 Å². The summed E-state index contributed by atoms with van der Waals surface area (Å²) in [6.07, 6.45) is 1.18. The minimum Gasteiger partial charge on any atom is -0.309 e. The van der Waals surface area contributed by atoms with Crippen LogP contribution in [0.1, 0.15) is 44.4 Å². The van der Waals surface area contributed by atoms with Crippen molar-refractivity contribution in [2.24, 2.45) is 0 Å². The second kappa shape index (κ2) is 5.33. The molecule has 0 saturated heterocycles. The van der Waals surface area contributed by atoms with E-state index in [1.807, 2.05) is 11.8 Å². The maximum atomic E-state index is 3.70. The van der Waals surface area contributed by atoms with Crippen molar-refractivity contribution >= 4 is 27.7 Å². The molecule has 94 valence electrons. The lowest BCUT2D eigenvalue weighted by Gasteiger charge is -2.40. The Kier molecular flexibility index (Phi) is 4.22. The average molecular weight is 314 g/mol. The monoisotopic (exact) mass is 313 g/mol. The van der Waals surface area contributed by atoms with Gasteiger partial charge in [0.25, 0.3) is 0 Å². The first-order chi connectivity index (χ1) is 8.04. The van der Waals surface area contributed by atoms with E-state index in [1.165, 1.54) is 22.0 Å². The first-order valence-electron chi connectivity index (χ1n) is 6.20. The van der Waals surface area contributed by atoms with Crippen LogP contribution in [0, 0.1) is 0 Å². The molecule has 0 amide bonds. The summed E-state index contributed by atoms with van der Waals surface area (Å²) in [7, 11) is 0. The Morgan fingerprint density at radius 3 is 2.94 bits per heavy atom. The zero-order valence-corrected chi connectivity index (χ0v) is 13.1. The van der Waals surface area contributed by atoms with Gasteiger partial charge in [0.15, 0.2) is 0 Å². The Morgan fingerprint density at radius 1 is 1.47 bits per heavy atom. The largest absolute Gasteiger partial charge is 0.309 e. The molecule has 1 heterocycles. The van der Waals surface area contributed by atoms with E-state index in [0.29, 0.717) is 6.04 Å². The van der Waals surface area contributed by atoms with Crippen LogP contribution in [-0.4, -0.2) is 11.3 Å². The van der Waals surface area contributed by atoms with Crippen LogP contribution in [0.2, 0.25) is 0 Å². The number of benzene rings is 1. The summed E-state index contributed by atoms with van der Waals surface area (Å²) in [5, 5.41) is 3.70. The molecule has 1 atom stereocenters. The minimum atomic E-state index is 0.267. The predicted molar refractivity (Wildman–Crippen MR) is 80.6 cm³/mol. The van der Waals surface area contributed by atoms with Gasteiger partial charge in [0.1, 0.15) is 0 Å². The van der Waals surface area contributed by atoms with Gasteiger partial charge < -0.3 is 5.32 Å². The van der Waals surface area contributed by atoms with E-state index in [1.54, 1.807) is 0 Å². The number of halogens is 1. The predicted octanol–water partition coefficient (Wildman–Crippen LogP) is 4.52. The molecule has 1 nitrogen and oxygen atoms in total. The summed E-state index contributed by atoms with van der Waals surface area (Å²) in [5.74, 6) is 1.12. The second-order valence-corrected chi connectivity index (χ2v) is 7.67. The number of rotatable bonds is 3. The van der Waals surface area contributed by atoms with Crippen LogP contribution in [0.5, 0.6) is 0 Å². The van der Waals surface area contributed by atoms with E-state index in [4.69, 9.17) is 0 Å². The van der Waals surface area contributed by atoms with Gasteiger partial charge in [-0.25, -0.2) is 0 Å². The molecule has 17 heavy (non-hydrogen) atoms. The van der Waals surface area contributed by atoms with E-state index in [0.717, 1.165) is 12.3 Å². The first-order valence-corrected chi connectivity index (χ1v) is 7.98. The van der Waals surface area contributed by atoms with Crippen molar-refractivity contribution in [2.45, 2.75) is 43.7 Å². The Balaban J connectivity index is 2.35. The Labute approximate surface area is 117 Å². The van der Waals surface area contributed by atoms with E-state index < -0.39 is 0 Å². The second-order valence-electron chi connectivity index (χ2n) is 5.12. The highest BCUT2D eigenvalue weighted by Crippen LogP contribution is 2.46. The van der Waals surface area contributed by atoms with Gasteiger partial charge in [0, 0.05) is 21.0 Å². The molecule has 1 aliphatic heterocycles. The summed E-state index contributed by atoms with van der Waals surface area (Å²) in [5.41, 5.74) is 2.95. The summed E-state index contributed by atoms with van der Waals surface area (Å²) < 4.78 is 1.45. The third kappa shape index (κ3) is 2.88. The SMILES string of the molecule is CCCNC1c2cc(Br)ccc2CSC1(C)C. The average Bonchev–Trinajstić information content (AvgIpc) is 2.27. The van der Waals surface area contributed by atoms with Gasteiger partial charge in [0.05, 0.1) is 0 Å². The molecule has 1 aromatic rings. The minimum absolute atomic E-state index is 0.267. The van der Waals surface area contributed by atoms with Crippen LogP contribution < -0.4 is 5.32 Å². The maximum absolute atomic E-state index is 3.70. The highest BCUT2D eigenvalue weighted by Gasteiger charge is 2.36. The van der Waals surface area contributed by atoms with E-state index in [-0.39, 0.29) is 4.75 Å². The third-order valence-electron chi connectivity index (χ3n) is 3.31. The third-order valence-corrected chi connectivity index (χ3v) is 5.24. The summed E-state index contributed by atoms with van der Waals surface area (Å²) >= 11 is 5.64. The topological polar surface area (TPSA) is 12.0 Å². The smallest absolute Gasteiger partial charge is 0.0467 e. The number of hydrogen-bond donors (Lipinski definition) is 1. The molecule has 1 N–H and O–H groups in total. The molecule has 1 aliphatic rings. The lowest BCUT2D eigenvalue weighted by atomic mass is 9.91. The molecular formula is C14H20BrNS. The highest BCUT2D eigenvalue weighted by atomic mass is 79.9. The van der Waals surface area contributed by atoms with Crippen molar-refractivity contribution in [1.82, 2.24) is 5.32 Å². The Morgan fingerprint density at radius 2 is 2.24 bits per heavy atom. The van der Waals surface area contributed by atoms with Crippen molar-refractivity contribution in [1.29, 1.82) is 0 Å². The normalized spacial score (nSPS) is 22.2. The van der Waals surface area contributed by atoms with Gasteiger partial charge in [-0.05, 0) is 50.1 Å². The lowest BCUT2D eigenvalue weighted by molar-refractivity contribution is 0.439. The number of hydrogen-bond acceptors (Lipinski definition) is 2. The standard InChI is InChI=1S/C14H20BrNS/c1-4-7-16-13-12-8-11(15)6-5-10(12)9-17-14(13,2)3/h5-6,8,13,16H,4,7,9H2,1-3H3.